The van der Waals surface area contributed by atoms with Crippen LogP contribution in [0.15, 0.2) is 22.5 Å². The molecular weight excluding hydrogens is 481 g/mol. The number of rotatable bonds is 6. The zero-order valence-corrected chi connectivity index (χ0v) is 20.8. The number of hydrogen-bond acceptors (Lipinski definition) is 4. The molecular formula is C21H38IN5S. The monoisotopic (exact) mass is 519 g/mol. The van der Waals surface area contributed by atoms with E-state index in [2.05, 4.69) is 57.0 Å². The van der Waals surface area contributed by atoms with E-state index in [4.69, 9.17) is 0 Å². The van der Waals surface area contributed by atoms with Crippen molar-refractivity contribution in [1.82, 2.24) is 20.4 Å². The quantitative estimate of drug-likeness (QED) is 0.342. The molecule has 5 nitrogen and oxygen atoms in total. The highest BCUT2D eigenvalue weighted by Gasteiger charge is 2.31. The average Bonchev–Trinajstić information content (AvgIpc) is 3.20. The maximum absolute atomic E-state index is 4.45. The van der Waals surface area contributed by atoms with Crippen LogP contribution < -0.4 is 10.6 Å². The molecule has 0 aliphatic carbocycles. The van der Waals surface area contributed by atoms with Crippen LogP contribution in [-0.2, 0) is 0 Å². The van der Waals surface area contributed by atoms with Crippen molar-refractivity contribution in [1.29, 1.82) is 0 Å². The highest BCUT2D eigenvalue weighted by atomic mass is 127. The second-order valence-electron chi connectivity index (χ2n) is 8.26. The predicted molar refractivity (Wildman–Crippen MR) is 132 cm³/mol. The van der Waals surface area contributed by atoms with Crippen LogP contribution in [0.5, 0.6) is 0 Å². The molecule has 2 unspecified atom stereocenters. The first-order valence-corrected chi connectivity index (χ1v) is 11.4. The molecule has 0 saturated carbocycles. The molecule has 0 amide bonds. The molecule has 2 aliphatic rings. The van der Waals surface area contributed by atoms with E-state index in [0.717, 1.165) is 25.0 Å². The average molecular weight is 520 g/mol. The fourth-order valence-electron chi connectivity index (χ4n) is 4.58. The number of thiophene rings is 1. The molecule has 1 aromatic rings. The van der Waals surface area contributed by atoms with Gasteiger partial charge < -0.3 is 15.5 Å². The van der Waals surface area contributed by atoms with Gasteiger partial charge in [-0.25, -0.2) is 0 Å². The predicted octanol–water partition coefficient (Wildman–Crippen LogP) is 3.65. The Hall–Kier alpha value is -0.380. The number of hydrogen-bond donors (Lipinski definition) is 2. The third-order valence-electron chi connectivity index (χ3n) is 6.28. The molecule has 0 bridgehead atoms. The number of nitrogens with zero attached hydrogens (tertiary/aromatic N) is 3. The minimum atomic E-state index is 0. The van der Waals surface area contributed by atoms with Crippen LogP contribution in [0, 0.1) is 11.8 Å². The summed E-state index contributed by atoms with van der Waals surface area (Å²) in [7, 11) is 6.38. The van der Waals surface area contributed by atoms with E-state index in [-0.39, 0.29) is 24.0 Å². The van der Waals surface area contributed by atoms with Crippen molar-refractivity contribution in [2.75, 3.05) is 53.9 Å². The molecule has 0 aromatic carbocycles. The van der Waals surface area contributed by atoms with Crippen molar-refractivity contribution in [2.24, 2.45) is 16.8 Å². The topological polar surface area (TPSA) is 42.9 Å². The van der Waals surface area contributed by atoms with Gasteiger partial charge in [-0.1, -0.05) is 6.07 Å². The van der Waals surface area contributed by atoms with Crippen molar-refractivity contribution in [3.05, 3.63) is 22.4 Å². The third kappa shape index (κ3) is 6.85. The first-order chi connectivity index (χ1) is 13.2. The molecule has 28 heavy (non-hydrogen) atoms. The highest BCUT2D eigenvalue weighted by Crippen LogP contribution is 2.36. The molecule has 2 fully saturated rings. The molecule has 1 aromatic heterocycles. The van der Waals surface area contributed by atoms with Gasteiger partial charge in [0.2, 0.25) is 0 Å². The van der Waals surface area contributed by atoms with Gasteiger partial charge in [0, 0.05) is 31.1 Å². The first kappa shape index (κ1) is 23.9. The van der Waals surface area contributed by atoms with Gasteiger partial charge in [-0.05, 0) is 89.1 Å². The maximum Gasteiger partial charge on any atom is 0.190 e. The summed E-state index contributed by atoms with van der Waals surface area (Å²) in [6, 6.07) is 5.00. The molecule has 2 atom stereocenters. The Kier molecular flexibility index (Phi) is 10.5. The lowest BCUT2D eigenvalue weighted by molar-refractivity contribution is 0.125. The Morgan fingerprint density at radius 2 is 1.96 bits per heavy atom. The Bertz CT molecular complexity index is 571. The van der Waals surface area contributed by atoms with Crippen molar-refractivity contribution in [3.8, 4) is 0 Å². The van der Waals surface area contributed by atoms with Crippen molar-refractivity contribution in [2.45, 2.75) is 38.1 Å². The van der Waals surface area contributed by atoms with Gasteiger partial charge in [0.15, 0.2) is 5.96 Å². The van der Waals surface area contributed by atoms with E-state index in [0.29, 0.717) is 12.0 Å². The lowest BCUT2D eigenvalue weighted by Crippen LogP contribution is -2.45. The highest BCUT2D eigenvalue weighted by molar-refractivity contribution is 14.0. The van der Waals surface area contributed by atoms with Gasteiger partial charge in [-0.3, -0.25) is 9.89 Å². The molecule has 0 radical (unpaired) electrons. The number of halogens is 1. The molecule has 2 N–H and O–H groups in total. The van der Waals surface area contributed by atoms with Gasteiger partial charge in [0.25, 0.3) is 0 Å². The molecule has 2 saturated heterocycles. The smallest absolute Gasteiger partial charge is 0.190 e. The summed E-state index contributed by atoms with van der Waals surface area (Å²) in [5.41, 5.74) is 0. The summed E-state index contributed by atoms with van der Waals surface area (Å²) >= 11 is 1.89. The van der Waals surface area contributed by atoms with Crippen molar-refractivity contribution < 1.29 is 0 Å². The second-order valence-corrected chi connectivity index (χ2v) is 9.24. The summed E-state index contributed by atoms with van der Waals surface area (Å²) in [4.78, 5) is 10.9. The number of piperidine rings is 2. The maximum atomic E-state index is 4.45. The lowest BCUT2D eigenvalue weighted by atomic mass is 9.88. The minimum Gasteiger partial charge on any atom is -0.356 e. The van der Waals surface area contributed by atoms with E-state index >= 15 is 0 Å². The zero-order chi connectivity index (χ0) is 19.1. The number of likely N-dealkylation sites (tertiary alicyclic amines) is 2. The van der Waals surface area contributed by atoms with E-state index in [1.54, 1.807) is 0 Å². The Morgan fingerprint density at radius 1 is 1.18 bits per heavy atom. The van der Waals surface area contributed by atoms with Crippen LogP contribution in [0.25, 0.3) is 0 Å². The first-order valence-electron chi connectivity index (χ1n) is 10.5. The second kappa shape index (κ2) is 12.3. The van der Waals surface area contributed by atoms with E-state index < -0.39 is 0 Å². The van der Waals surface area contributed by atoms with Crippen LogP contribution in [0.1, 0.15) is 43.0 Å². The van der Waals surface area contributed by atoms with Crippen LogP contribution >= 0.6 is 35.3 Å². The van der Waals surface area contributed by atoms with Crippen molar-refractivity contribution >= 4 is 41.3 Å². The normalized spacial score (nSPS) is 25.3. The fraction of sp³-hybridized carbons (Fsp3) is 0.762. The Labute approximate surface area is 192 Å². The van der Waals surface area contributed by atoms with Gasteiger partial charge in [0.1, 0.15) is 0 Å². The van der Waals surface area contributed by atoms with Gasteiger partial charge >= 0.3 is 0 Å². The van der Waals surface area contributed by atoms with E-state index in [1.165, 1.54) is 56.6 Å². The van der Waals surface area contributed by atoms with Crippen LogP contribution in [0.3, 0.4) is 0 Å². The van der Waals surface area contributed by atoms with Gasteiger partial charge in [-0.2, -0.15) is 0 Å². The van der Waals surface area contributed by atoms with Gasteiger partial charge in [-0.15, -0.1) is 35.3 Å². The SMILES string of the molecule is CN=C(NCCC1CCN(C)CC1)NCC1CCCN(C)C1c1cccs1.I. The summed E-state index contributed by atoms with van der Waals surface area (Å²) in [5.74, 6) is 2.46. The summed E-state index contributed by atoms with van der Waals surface area (Å²) in [5, 5.41) is 9.35. The summed E-state index contributed by atoms with van der Waals surface area (Å²) in [6.07, 6.45) is 6.49. The molecule has 3 heterocycles. The Morgan fingerprint density at radius 3 is 2.64 bits per heavy atom. The fourth-order valence-corrected chi connectivity index (χ4v) is 5.56. The molecule has 0 spiro atoms. The number of guanidine groups is 1. The number of nitrogens with one attached hydrogen (secondary N) is 2. The lowest BCUT2D eigenvalue weighted by Gasteiger charge is -2.39. The largest absolute Gasteiger partial charge is 0.356 e. The number of aliphatic imine (C=N–C) groups is 1. The van der Waals surface area contributed by atoms with E-state index in [1.807, 2.05) is 18.4 Å². The Balaban J connectivity index is 0.00000280. The van der Waals surface area contributed by atoms with Crippen LogP contribution in [0.2, 0.25) is 0 Å². The third-order valence-corrected chi connectivity index (χ3v) is 7.22. The van der Waals surface area contributed by atoms with Crippen LogP contribution in [-0.4, -0.2) is 69.6 Å². The summed E-state index contributed by atoms with van der Waals surface area (Å²) < 4.78 is 0. The van der Waals surface area contributed by atoms with Gasteiger partial charge in [0.05, 0.1) is 0 Å². The standard InChI is InChI=1S/C21H37N5S.HI/c1-22-21(23-11-8-17-9-13-25(2)14-10-17)24-16-18-6-4-12-26(3)20(18)19-7-5-15-27-19;/h5,7,15,17-18,20H,4,6,8-14,16H2,1-3H3,(H2,22,23,24);1H. The molecule has 3 rings (SSSR count). The van der Waals surface area contributed by atoms with Crippen molar-refractivity contribution in [3.63, 3.8) is 0 Å². The van der Waals surface area contributed by atoms with Crippen LogP contribution in [0.4, 0.5) is 0 Å². The molecule has 7 heteroatoms. The minimum absolute atomic E-state index is 0. The zero-order valence-electron chi connectivity index (χ0n) is 17.7. The van der Waals surface area contributed by atoms with E-state index in [9.17, 15) is 0 Å². The molecule has 2 aliphatic heterocycles. The molecule has 160 valence electrons. The summed E-state index contributed by atoms with van der Waals surface area (Å²) in [6.45, 7) is 5.70.